The Morgan fingerprint density at radius 2 is 2.17 bits per heavy atom. The Labute approximate surface area is 98.8 Å². The summed E-state index contributed by atoms with van der Waals surface area (Å²) in [6.07, 6.45) is 0. The van der Waals surface area contributed by atoms with Crippen LogP contribution in [0.25, 0.3) is 0 Å². The molecular formula is C8H9N7O3. The Balaban J connectivity index is 2.17. The van der Waals surface area contributed by atoms with Crippen molar-refractivity contribution in [1.29, 1.82) is 0 Å². The summed E-state index contributed by atoms with van der Waals surface area (Å²) < 4.78 is 0. The van der Waals surface area contributed by atoms with E-state index in [9.17, 15) is 14.4 Å². The summed E-state index contributed by atoms with van der Waals surface area (Å²) in [5.74, 6) is -0.328. The number of hydrogen-bond donors (Lipinski definition) is 4. The number of H-pyrrole nitrogens is 3. The predicted octanol–water partition coefficient (Wildman–Crippen LogP) is -1.93. The molecule has 0 aliphatic heterocycles. The molecule has 0 saturated carbocycles. The molecule has 4 N–H and O–H groups in total. The number of nitrogens with zero attached hydrogens (tertiary/aromatic N) is 3. The molecule has 0 aliphatic carbocycles. The summed E-state index contributed by atoms with van der Waals surface area (Å²) in [6.45, 7) is 1.63. The standard InChI is InChI=1S/C8H9N7O3/c1-3(6-12-14-15-13-6)9-7(17)4-2-5(16)11-8(18)10-4/h2-3H,1H3,(H,9,17)(H2,10,11,16,18)(H,12,13,14,15). The third-order valence-corrected chi connectivity index (χ3v) is 2.10. The fraction of sp³-hybridized carbons (Fsp3) is 0.250. The molecule has 94 valence electrons. The Bertz CT molecular complexity index is 628. The number of carbonyl (C=O) groups excluding carboxylic acids is 1. The average molecular weight is 251 g/mol. The highest BCUT2D eigenvalue weighted by molar-refractivity contribution is 5.92. The second kappa shape index (κ2) is 4.61. The zero-order valence-electron chi connectivity index (χ0n) is 9.22. The van der Waals surface area contributed by atoms with Gasteiger partial charge >= 0.3 is 5.69 Å². The second-order valence-corrected chi connectivity index (χ2v) is 3.47. The largest absolute Gasteiger partial charge is 0.341 e. The molecule has 0 aliphatic rings. The highest BCUT2D eigenvalue weighted by atomic mass is 16.2. The van der Waals surface area contributed by atoms with Crippen LogP contribution < -0.4 is 16.6 Å². The first-order valence-corrected chi connectivity index (χ1v) is 4.94. The molecule has 0 aromatic carbocycles. The lowest BCUT2D eigenvalue weighted by Gasteiger charge is -2.09. The van der Waals surface area contributed by atoms with E-state index in [2.05, 4.69) is 30.9 Å². The molecule has 10 heteroatoms. The molecule has 18 heavy (non-hydrogen) atoms. The van der Waals surface area contributed by atoms with Gasteiger partial charge in [-0.3, -0.25) is 14.6 Å². The van der Waals surface area contributed by atoms with Crippen molar-refractivity contribution < 1.29 is 4.79 Å². The van der Waals surface area contributed by atoms with E-state index < -0.39 is 23.2 Å². The number of aromatic amines is 3. The zero-order chi connectivity index (χ0) is 13.1. The van der Waals surface area contributed by atoms with Crippen LogP contribution in [0.3, 0.4) is 0 Å². The Morgan fingerprint density at radius 3 is 2.78 bits per heavy atom. The summed E-state index contributed by atoms with van der Waals surface area (Å²) in [4.78, 5) is 37.9. The van der Waals surface area contributed by atoms with E-state index in [-0.39, 0.29) is 11.5 Å². The minimum absolute atomic E-state index is 0.140. The molecule has 0 saturated heterocycles. The van der Waals surface area contributed by atoms with Gasteiger partial charge in [-0.2, -0.15) is 5.21 Å². The maximum absolute atomic E-state index is 11.7. The maximum atomic E-state index is 11.7. The molecule has 0 bridgehead atoms. The number of nitrogens with one attached hydrogen (secondary N) is 4. The van der Waals surface area contributed by atoms with Gasteiger partial charge in [-0.25, -0.2) is 4.79 Å². The van der Waals surface area contributed by atoms with Crippen LogP contribution in [0, 0.1) is 0 Å². The molecule has 2 aromatic heterocycles. The second-order valence-electron chi connectivity index (χ2n) is 3.47. The zero-order valence-corrected chi connectivity index (χ0v) is 9.22. The quantitative estimate of drug-likeness (QED) is 0.498. The van der Waals surface area contributed by atoms with Crippen molar-refractivity contribution in [2.75, 3.05) is 0 Å². The van der Waals surface area contributed by atoms with Crippen molar-refractivity contribution in [2.24, 2.45) is 0 Å². The van der Waals surface area contributed by atoms with E-state index in [1.807, 2.05) is 4.98 Å². The van der Waals surface area contributed by atoms with Crippen LogP contribution in [0.15, 0.2) is 15.7 Å². The molecule has 1 amide bonds. The molecule has 2 heterocycles. The fourth-order valence-corrected chi connectivity index (χ4v) is 1.28. The Kier molecular flexibility index (Phi) is 3.00. The molecule has 0 fully saturated rings. The van der Waals surface area contributed by atoms with E-state index in [1.54, 1.807) is 6.92 Å². The molecule has 0 radical (unpaired) electrons. The molecule has 10 nitrogen and oxygen atoms in total. The smallest absolute Gasteiger partial charge is 0.326 e. The van der Waals surface area contributed by atoms with Crippen molar-refractivity contribution in [2.45, 2.75) is 13.0 Å². The van der Waals surface area contributed by atoms with Gasteiger partial charge in [0, 0.05) is 6.07 Å². The van der Waals surface area contributed by atoms with Gasteiger partial charge in [0.2, 0.25) is 0 Å². The van der Waals surface area contributed by atoms with Crippen molar-refractivity contribution in [3.8, 4) is 0 Å². The normalized spacial score (nSPS) is 12.1. The van der Waals surface area contributed by atoms with Gasteiger partial charge in [-0.15, -0.1) is 10.2 Å². The fourth-order valence-electron chi connectivity index (χ4n) is 1.28. The molecule has 1 atom stereocenters. The summed E-state index contributed by atoms with van der Waals surface area (Å²) in [7, 11) is 0. The van der Waals surface area contributed by atoms with Gasteiger partial charge in [0.1, 0.15) is 5.69 Å². The minimum Gasteiger partial charge on any atom is -0.341 e. The lowest BCUT2D eigenvalue weighted by Crippen LogP contribution is -2.32. The number of aromatic nitrogens is 6. The van der Waals surface area contributed by atoms with Gasteiger partial charge in [0.05, 0.1) is 6.04 Å². The van der Waals surface area contributed by atoms with Gasteiger partial charge in [0.15, 0.2) is 5.82 Å². The van der Waals surface area contributed by atoms with E-state index in [0.29, 0.717) is 0 Å². The van der Waals surface area contributed by atoms with Crippen molar-refractivity contribution >= 4 is 5.91 Å². The van der Waals surface area contributed by atoms with Crippen molar-refractivity contribution in [3.63, 3.8) is 0 Å². The summed E-state index contributed by atoms with van der Waals surface area (Å²) >= 11 is 0. The maximum Gasteiger partial charge on any atom is 0.326 e. The van der Waals surface area contributed by atoms with Gasteiger partial charge in [-0.1, -0.05) is 5.21 Å². The SMILES string of the molecule is CC(NC(=O)c1cc(=O)[nH]c(=O)[nH]1)c1nn[nH]n1. The number of tetrazole rings is 1. The molecule has 2 rings (SSSR count). The van der Waals surface area contributed by atoms with E-state index in [1.165, 1.54) is 0 Å². The third-order valence-electron chi connectivity index (χ3n) is 2.10. The number of rotatable bonds is 3. The minimum atomic E-state index is -0.750. The van der Waals surface area contributed by atoms with Gasteiger partial charge < -0.3 is 10.3 Å². The highest BCUT2D eigenvalue weighted by Gasteiger charge is 2.15. The van der Waals surface area contributed by atoms with Crippen LogP contribution >= 0.6 is 0 Å². The molecule has 0 spiro atoms. The summed E-state index contributed by atoms with van der Waals surface area (Å²) in [6, 6.07) is 0.471. The molecular weight excluding hydrogens is 242 g/mol. The first-order valence-electron chi connectivity index (χ1n) is 4.94. The lowest BCUT2D eigenvalue weighted by molar-refractivity contribution is 0.0932. The van der Waals surface area contributed by atoms with Crippen LogP contribution in [-0.4, -0.2) is 36.5 Å². The Hall–Kier alpha value is -2.78. The first kappa shape index (κ1) is 11.7. The number of amides is 1. The monoisotopic (exact) mass is 251 g/mol. The van der Waals surface area contributed by atoms with Crippen LogP contribution in [0.1, 0.15) is 29.3 Å². The third kappa shape index (κ3) is 2.48. The number of carbonyl (C=O) groups is 1. The van der Waals surface area contributed by atoms with Crippen LogP contribution in [0.4, 0.5) is 0 Å². The molecule has 1 unspecified atom stereocenters. The average Bonchev–Trinajstić information content (AvgIpc) is 2.80. The van der Waals surface area contributed by atoms with Gasteiger partial charge in [-0.05, 0) is 6.92 Å². The first-order chi connectivity index (χ1) is 8.56. The van der Waals surface area contributed by atoms with Crippen LogP contribution in [0.2, 0.25) is 0 Å². The predicted molar refractivity (Wildman–Crippen MR) is 57.7 cm³/mol. The van der Waals surface area contributed by atoms with Crippen LogP contribution in [0.5, 0.6) is 0 Å². The van der Waals surface area contributed by atoms with Crippen molar-refractivity contribution in [3.05, 3.63) is 38.4 Å². The topological polar surface area (TPSA) is 149 Å². The summed E-state index contributed by atoms with van der Waals surface area (Å²) in [5.41, 5.74) is -1.55. The highest BCUT2D eigenvalue weighted by Crippen LogP contribution is 2.03. The van der Waals surface area contributed by atoms with E-state index >= 15 is 0 Å². The van der Waals surface area contributed by atoms with Crippen LogP contribution in [-0.2, 0) is 0 Å². The molecule has 2 aromatic rings. The van der Waals surface area contributed by atoms with E-state index in [0.717, 1.165) is 6.07 Å². The van der Waals surface area contributed by atoms with Crippen molar-refractivity contribution in [1.82, 2.24) is 35.9 Å². The van der Waals surface area contributed by atoms with E-state index in [4.69, 9.17) is 0 Å². The lowest BCUT2D eigenvalue weighted by atomic mass is 10.3. The number of hydrogen-bond acceptors (Lipinski definition) is 6. The Morgan fingerprint density at radius 1 is 1.39 bits per heavy atom. The van der Waals surface area contributed by atoms with Gasteiger partial charge in [0.25, 0.3) is 11.5 Å². The summed E-state index contributed by atoms with van der Waals surface area (Å²) in [5, 5.41) is 15.5.